The maximum absolute atomic E-state index is 11.9. The van der Waals surface area contributed by atoms with E-state index >= 15 is 0 Å². The molecule has 0 aliphatic heterocycles. The summed E-state index contributed by atoms with van der Waals surface area (Å²) >= 11 is 0. The molecule has 2 amide bonds. The molecule has 0 saturated carbocycles. The molecule has 122 valence electrons. The number of fused-ring (bicyclic) bond motifs is 1. The Morgan fingerprint density at radius 3 is 2.62 bits per heavy atom. The van der Waals surface area contributed by atoms with E-state index in [9.17, 15) is 9.59 Å². The zero-order valence-corrected chi connectivity index (χ0v) is 13.1. The van der Waals surface area contributed by atoms with Gasteiger partial charge in [-0.15, -0.1) is 0 Å². The summed E-state index contributed by atoms with van der Waals surface area (Å²) in [6.07, 6.45) is 0. The van der Waals surface area contributed by atoms with Crippen LogP contribution in [0.25, 0.3) is 22.2 Å². The van der Waals surface area contributed by atoms with E-state index in [1.165, 1.54) is 7.11 Å². The SMILES string of the molecule is COC(=O)CNC(=O)Nc1ccccc1-c1cc2ccccc2[nH]1. The van der Waals surface area contributed by atoms with Gasteiger partial charge in [-0.25, -0.2) is 4.79 Å². The Hall–Kier alpha value is -3.28. The van der Waals surface area contributed by atoms with Crippen molar-refractivity contribution in [1.82, 2.24) is 10.3 Å². The highest BCUT2D eigenvalue weighted by atomic mass is 16.5. The Balaban J connectivity index is 1.82. The first-order chi connectivity index (χ1) is 11.7. The minimum atomic E-state index is -0.506. The summed E-state index contributed by atoms with van der Waals surface area (Å²) in [5, 5.41) is 6.30. The van der Waals surface area contributed by atoms with Crippen LogP contribution in [-0.2, 0) is 9.53 Å². The molecule has 3 aromatic rings. The largest absolute Gasteiger partial charge is 0.468 e. The van der Waals surface area contributed by atoms with Gasteiger partial charge in [0.2, 0.25) is 0 Å². The standard InChI is InChI=1S/C18H17N3O3/c1-24-17(22)11-19-18(23)21-15-9-5-3-7-13(15)16-10-12-6-2-4-8-14(12)20-16/h2-10,20H,11H2,1H3,(H2,19,21,23). The van der Waals surface area contributed by atoms with Gasteiger partial charge < -0.3 is 20.4 Å². The van der Waals surface area contributed by atoms with Crippen LogP contribution in [0.1, 0.15) is 0 Å². The van der Waals surface area contributed by atoms with E-state index in [0.29, 0.717) is 5.69 Å². The number of urea groups is 1. The number of rotatable bonds is 4. The van der Waals surface area contributed by atoms with Crippen molar-refractivity contribution in [2.45, 2.75) is 0 Å². The maximum atomic E-state index is 11.9. The van der Waals surface area contributed by atoms with Crippen LogP contribution in [0.5, 0.6) is 0 Å². The van der Waals surface area contributed by atoms with Crippen molar-refractivity contribution in [3.05, 3.63) is 54.6 Å². The van der Waals surface area contributed by atoms with Crippen LogP contribution in [0.15, 0.2) is 54.6 Å². The van der Waals surface area contributed by atoms with Crippen LogP contribution in [0, 0.1) is 0 Å². The average Bonchev–Trinajstić information content (AvgIpc) is 3.04. The summed E-state index contributed by atoms with van der Waals surface area (Å²) in [6.45, 7) is -0.184. The molecule has 0 spiro atoms. The van der Waals surface area contributed by atoms with Crippen LogP contribution in [0.3, 0.4) is 0 Å². The van der Waals surface area contributed by atoms with Crippen LogP contribution >= 0.6 is 0 Å². The molecule has 0 aliphatic carbocycles. The molecule has 0 atom stereocenters. The lowest BCUT2D eigenvalue weighted by atomic mass is 10.1. The fraction of sp³-hybridized carbons (Fsp3) is 0.111. The Kier molecular flexibility index (Phi) is 4.47. The van der Waals surface area contributed by atoms with E-state index in [-0.39, 0.29) is 6.54 Å². The average molecular weight is 323 g/mol. The Morgan fingerprint density at radius 1 is 1.08 bits per heavy atom. The van der Waals surface area contributed by atoms with E-state index in [4.69, 9.17) is 0 Å². The van der Waals surface area contributed by atoms with Crippen molar-refractivity contribution < 1.29 is 14.3 Å². The van der Waals surface area contributed by atoms with Crippen molar-refractivity contribution in [2.75, 3.05) is 19.0 Å². The Morgan fingerprint density at radius 2 is 1.83 bits per heavy atom. The molecule has 0 aliphatic rings. The predicted octanol–water partition coefficient (Wildman–Crippen LogP) is 3.13. The lowest BCUT2D eigenvalue weighted by molar-refractivity contribution is -0.139. The van der Waals surface area contributed by atoms with Crippen LogP contribution < -0.4 is 10.6 Å². The Bertz CT molecular complexity index is 853. The highest BCUT2D eigenvalue weighted by Gasteiger charge is 2.11. The number of amides is 2. The number of ether oxygens (including phenoxy) is 1. The second-order valence-electron chi connectivity index (χ2n) is 5.20. The normalized spacial score (nSPS) is 10.4. The summed E-state index contributed by atoms with van der Waals surface area (Å²) < 4.78 is 4.49. The summed E-state index contributed by atoms with van der Waals surface area (Å²) in [7, 11) is 1.27. The highest BCUT2D eigenvalue weighted by Crippen LogP contribution is 2.29. The van der Waals surface area contributed by atoms with E-state index in [1.54, 1.807) is 6.07 Å². The minimum absolute atomic E-state index is 0.184. The number of aromatic nitrogens is 1. The molecule has 0 radical (unpaired) electrons. The molecule has 6 heteroatoms. The lowest BCUT2D eigenvalue weighted by Gasteiger charge is -2.10. The summed E-state index contributed by atoms with van der Waals surface area (Å²) in [5.74, 6) is -0.506. The third-order valence-corrected chi connectivity index (χ3v) is 3.62. The molecule has 1 aromatic heterocycles. The van der Waals surface area contributed by atoms with Gasteiger partial charge in [0.1, 0.15) is 6.54 Å². The number of methoxy groups -OCH3 is 1. The van der Waals surface area contributed by atoms with E-state index in [2.05, 4.69) is 20.4 Å². The van der Waals surface area contributed by atoms with Gasteiger partial charge in [0.05, 0.1) is 12.8 Å². The van der Waals surface area contributed by atoms with Gasteiger partial charge in [-0.2, -0.15) is 0 Å². The number of carbonyl (C=O) groups excluding carboxylic acids is 2. The zero-order valence-electron chi connectivity index (χ0n) is 13.1. The van der Waals surface area contributed by atoms with Crippen molar-refractivity contribution >= 4 is 28.6 Å². The fourth-order valence-electron chi connectivity index (χ4n) is 2.44. The molecule has 6 nitrogen and oxygen atoms in total. The number of H-pyrrole nitrogens is 1. The topological polar surface area (TPSA) is 83.2 Å². The molecule has 0 saturated heterocycles. The molecular formula is C18H17N3O3. The molecule has 3 N–H and O–H groups in total. The zero-order chi connectivity index (χ0) is 16.9. The quantitative estimate of drug-likeness (QED) is 0.645. The lowest BCUT2D eigenvalue weighted by Crippen LogP contribution is -2.33. The van der Waals surface area contributed by atoms with Crippen LogP contribution in [-0.4, -0.2) is 30.6 Å². The number of anilines is 1. The minimum Gasteiger partial charge on any atom is -0.468 e. The summed E-state index contributed by atoms with van der Waals surface area (Å²) in [6, 6.07) is 17.0. The molecule has 1 heterocycles. The first-order valence-corrected chi connectivity index (χ1v) is 7.46. The van der Waals surface area contributed by atoms with Gasteiger partial charge in [-0.1, -0.05) is 36.4 Å². The smallest absolute Gasteiger partial charge is 0.325 e. The fourth-order valence-corrected chi connectivity index (χ4v) is 2.44. The number of hydrogen-bond donors (Lipinski definition) is 3. The van der Waals surface area contributed by atoms with Crippen LogP contribution in [0.4, 0.5) is 10.5 Å². The van der Waals surface area contributed by atoms with Gasteiger partial charge >= 0.3 is 12.0 Å². The highest BCUT2D eigenvalue weighted by molar-refractivity contribution is 5.97. The predicted molar refractivity (Wildman–Crippen MR) is 92.8 cm³/mol. The number of esters is 1. The number of nitrogens with one attached hydrogen (secondary N) is 3. The van der Waals surface area contributed by atoms with Gasteiger partial charge in [0, 0.05) is 22.2 Å². The number of para-hydroxylation sites is 2. The first-order valence-electron chi connectivity index (χ1n) is 7.46. The molecule has 0 unspecified atom stereocenters. The second kappa shape index (κ2) is 6.87. The maximum Gasteiger partial charge on any atom is 0.325 e. The summed E-state index contributed by atoms with van der Waals surface area (Å²) in [5.41, 5.74) is 3.44. The number of hydrogen-bond acceptors (Lipinski definition) is 3. The molecular weight excluding hydrogens is 306 g/mol. The second-order valence-corrected chi connectivity index (χ2v) is 5.20. The van der Waals surface area contributed by atoms with Gasteiger partial charge in [0.15, 0.2) is 0 Å². The monoisotopic (exact) mass is 323 g/mol. The van der Waals surface area contributed by atoms with Gasteiger partial charge in [-0.05, 0) is 18.2 Å². The number of aromatic amines is 1. The van der Waals surface area contributed by atoms with Crippen molar-refractivity contribution in [1.29, 1.82) is 0 Å². The Labute approximate surface area is 138 Å². The first kappa shape index (κ1) is 15.6. The number of benzene rings is 2. The number of carbonyl (C=O) groups is 2. The molecule has 0 bridgehead atoms. The summed E-state index contributed by atoms with van der Waals surface area (Å²) in [4.78, 5) is 26.4. The van der Waals surface area contributed by atoms with Crippen molar-refractivity contribution in [3.63, 3.8) is 0 Å². The van der Waals surface area contributed by atoms with E-state index < -0.39 is 12.0 Å². The molecule has 0 fully saturated rings. The van der Waals surface area contributed by atoms with E-state index in [1.807, 2.05) is 48.5 Å². The third kappa shape index (κ3) is 3.38. The van der Waals surface area contributed by atoms with Crippen molar-refractivity contribution in [2.24, 2.45) is 0 Å². The molecule has 2 aromatic carbocycles. The van der Waals surface area contributed by atoms with E-state index in [0.717, 1.165) is 22.2 Å². The van der Waals surface area contributed by atoms with Gasteiger partial charge in [0.25, 0.3) is 0 Å². The van der Waals surface area contributed by atoms with Gasteiger partial charge in [-0.3, -0.25) is 4.79 Å². The van der Waals surface area contributed by atoms with Crippen molar-refractivity contribution in [3.8, 4) is 11.3 Å². The van der Waals surface area contributed by atoms with Crippen LogP contribution in [0.2, 0.25) is 0 Å². The molecule has 24 heavy (non-hydrogen) atoms. The molecule has 3 rings (SSSR count). The third-order valence-electron chi connectivity index (χ3n) is 3.62.